The molecule has 3 aromatic rings. The molecule has 0 saturated carbocycles. The lowest BCUT2D eigenvalue weighted by atomic mass is 9.99. The number of fused-ring (bicyclic) bond motifs is 2. The van der Waals surface area contributed by atoms with E-state index < -0.39 is 54.5 Å². The Morgan fingerprint density at radius 3 is 2.24 bits per heavy atom. The van der Waals surface area contributed by atoms with Gasteiger partial charge in [0, 0.05) is 18.1 Å². The molecule has 4 rings (SSSR count). The average molecular weight is 767 g/mol. The number of phenols is 2. The van der Waals surface area contributed by atoms with Gasteiger partial charge in [0.05, 0.1) is 12.5 Å². The summed E-state index contributed by atoms with van der Waals surface area (Å²) in [6.45, 7) is 5.62. The number of rotatable bonds is 21. The molecule has 0 bridgehead atoms. The van der Waals surface area contributed by atoms with Crippen LogP contribution in [0.5, 0.6) is 23.0 Å². The summed E-state index contributed by atoms with van der Waals surface area (Å²) in [7, 11) is 1.39. The number of phenolic OH excluding ortho intramolecular Hbond substituents is 2. The number of methoxy groups -OCH3 is 1. The van der Waals surface area contributed by atoms with Crippen LogP contribution in [0.3, 0.4) is 0 Å². The van der Waals surface area contributed by atoms with Gasteiger partial charge < -0.3 is 48.9 Å². The summed E-state index contributed by atoms with van der Waals surface area (Å²) in [4.78, 5) is 26.3. The Morgan fingerprint density at radius 1 is 0.855 bits per heavy atom. The molecule has 2 heterocycles. The molecule has 302 valence electrons. The first-order valence-corrected chi connectivity index (χ1v) is 19.4. The van der Waals surface area contributed by atoms with Crippen LogP contribution in [0.15, 0.2) is 63.4 Å². The van der Waals surface area contributed by atoms with Crippen molar-refractivity contribution in [3.05, 3.63) is 69.9 Å². The molecule has 0 amide bonds. The van der Waals surface area contributed by atoms with Gasteiger partial charge in [-0.3, -0.25) is 9.59 Å². The number of esters is 1. The maximum Gasteiger partial charge on any atom is 0.305 e. The van der Waals surface area contributed by atoms with Gasteiger partial charge in [-0.15, -0.1) is 0 Å². The van der Waals surface area contributed by atoms with Crippen LogP contribution in [0.4, 0.5) is 0 Å². The van der Waals surface area contributed by atoms with Gasteiger partial charge in [-0.25, -0.2) is 0 Å². The molecule has 1 aliphatic rings. The van der Waals surface area contributed by atoms with Crippen molar-refractivity contribution in [2.24, 2.45) is 0 Å². The van der Waals surface area contributed by atoms with Crippen molar-refractivity contribution in [3.8, 4) is 23.0 Å². The summed E-state index contributed by atoms with van der Waals surface area (Å²) in [5.74, 6) is -1.24. The van der Waals surface area contributed by atoms with Crippen molar-refractivity contribution in [2.75, 3.05) is 13.7 Å². The highest BCUT2D eigenvalue weighted by Gasteiger charge is 2.45. The van der Waals surface area contributed by atoms with Gasteiger partial charge in [0.15, 0.2) is 22.7 Å². The topological polar surface area (TPSA) is 185 Å². The Labute approximate surface area is 322 Å². The van der Waals surface area contributed by atoms with Crippen molar-refractivity contribution in [1.29, 1.82) is 0 Å². The first-order valence-electron chi connectivity index (χ1n) is 19.4. The number of carbonyl (C=O) groups excluding carboxylic acids is 1. The quantitative estimate of drug-likeness (QED) is 0.0313. The summed E-state index contributed by atoms with van der Waals surface area (Å²) >= 11 is 0. The molecule has 0 aliphatic carbocycles. The van der Waals surface area contributed by atoms with Gasteiger partial charge in [0.25, 0.3) is 0 Å². The average Bonchev–Trinajstić information content (AvgIpc) is 3.16. The van der Waals surface area contributed by atoms with E-state index in [1.165, 1.54) is 32.4 Å². The highest BCUT2D eigenvalue weighted by molar-refractivity contribution is 5.98. The second-order valence-electron chi connectivity index (χ2n) is 14.3. The minimum Gasteiger partial charge on any atom is -0.507 e. The van der Waals surface area contributed by atoms with Crippen molar-refractivity contribution in [3.63, 3.8) is 0 Å². The van der Waals surface area contributed by atoms with Crippen molar-refractivity contribution < 1.29 is 53.7 Å². The molecule has 1 saturated heterocycles. The molecule has 0 radical (unpaired) electrons. The second kappa shape index (κ2) is 21.7. The van der Waals surface area contributed by atoms with E-state index in [0.29, 0.717) is 18.4 Å². The van der Waals surface area contributed by atoms with Crippen molar-refractivity contribution >= 4 is 27.9 Å². The number of hydrogen-bond donors (Lipinski definition) is 5. The molecule has 5 N–H and O–H groups in total. The monoisotopic (exact) mass is 766 g/mol. The molecule has 12 heteroatoms. The highest BCUT2D eigenvalue weighted by Crippen LogP contribution is 2.39. The van der Waals surface area contributed by atoms with Crippen LogP contribution in [0.25, 0.3) is 21.9 Å². The van der Waals surface area contributed by atoms with Crippen LogP contribution in [-0.4, -0.2) is 75.9 Å². The normalized spacial score (nSPS) is 20.1. The van der Waals surface area contributed by atoms with E-state index in [1.54, 1.807) is 6.07 Å². The Bertz CT molecular complexity index is 1850. The van der Waals surface area contributed by atoms with E-state index >= 15 is 0 Å². The van der Waals surface area contributed by atoms with E-state index in [9.17, 15) is 35.1 Å². The van der Waals surface area contributed by atoms with Gasteiger partial charge in [0.2, 0.25) is 11.7 Å². The minimum absolute atomic E-state index is 0.0570. The molecule has 5 atom stereocenters. The first-order chi connectivity index (χ1) is 26.5. The smallest absolute Gasteiger partial charge is 0.305 e. The molecular weight excluding hydrogens is 708 g/mol. The Morgan fingerprint density at radius 2 is 1.55 bits per heavy atom. The number of allylic oxidation sites excluding steroid dienone is 6. The fourth-order valence-electron chi connectivity index (χ4n) is 6.40. The molecule has 55 heavy (non-hydrogen) atoms. The third-order valence-corrected chi connectivity index (χ3v) is 9.63. The van der Waals surface area contributed by atoms with E-state index in [-0.39, 0.29) is 45.6 Å². The van der Waals surface area contributed by atoms with E-state index in [4.69, 9.17) is 23.4 Å². The molecule has 2 aromatic carbocycles. The lowest BCUT2D eigenvalue weighted by Crippen LogP contribution is -2.60. The zero-order chi connectivity index (χ0) is 39.9. The van der Waals surface area contributed by atoms with Crippen LogP contribution in [-0.2, 0) is 20.7 Å². The summed E-state index contributed by atoms with van der Waals surface area (Å²) in [6, 6.07) is 3.93. The first kappa shape index (κ1) is 43.4. The number of hydrogen-bond acceptors (Lipinski definition) is 12. The van der Waals surface area contributed by atoms with Gasteiger partial charge in [-0.1, -0.05) is 75.0 Å². The SMILES string of the molecule is CCCCC/C=C\C/C=C\CCCCCCCC(=O)OC[C@H]1O[C@@H](Oc2cc(O)c3oc4c(OC)cc(CC=C(C)C)c(O)c4c(=O)c3c2)[C@H](O)[C@@H](O)[C@@H]1O. The summed E-state index contributed by atoms with van der Waals surface area (Å²) in [5, 5.41) is 53.5. The lowest BCUT2D eigenvalue weighted by molar-refractivity contribution is -0.278. The number of benzene rings is 2. The standard InChI is InChI=1S/C43H58O12/c1-5-6-7-8-9-10-11-12-13-14-15-16-17-18-19-20-34(45)52-26-33-38(48)39(49)40(50)43(54-33)53-29-24-30-37(47)35-36(46)28(22-21-27(2)3)23-32(51-4)42(35)55-41(30)31(44)25-29/h9-10,12-13,21,23-25,33,38-40,43-44,46,48-50H,5-8,11,14-20,22,26H2,1-4H3/b10-9-,13-12-/t33-,38-,39+,40-,43-/m1/s1. The van der Waals surface area contributed by atoms with Crippen LogP contribution >= 0.6 is 0 Å². The summed E-state index contributed by atoms with van der Waals surface area (Å²) < 4.78 is 28.2. The lowest BCUT2D eigenvalue weighted by Gasteiger charge is -2.39. The number of carbonyl (C=O) groups is 1. The molecule has 1 aromatic heterocycles. The number of aliphatic hydroxyl groups excluding tert-OH is 3. The maximum absolute atomic E-state index is 13.8. The zero-order valence-corrected chi connectivity index (χ0v) is 32.5. The van der Waals surface area contributed by atoms with Crippen LogP contribution in [0.2, 0.25) is 0 Å². The predicted molar refractivity (Wildman–Crippen MR) is 211 cm³/mol. The van der Waals surface area contributed by atoms with Gasteiger partial charge in [0.1, 0.15) is 47.9 Å². The van der Waals surface area contributed by atoms with Crippen LogP contribution in [0, 0.1) is 0 Å². The third-order valence-electron chi connectivity index (χ3n) is 9.63. The van der Waals surface area contributed by atoms with Crippen LogP contribution < -0.4 is 14.9 Å². The number of ether oxygens (including phenoxy) is 4. The van der Waals surface area contributed by atoms with E-state index in [0.717, 1.165) is 56.6 Å². The maximum atomic E-state index is 13.8. The van der Waals surface area contributed by atoms with Gasteiger partial charge in [-0.2, -0.15) is 0 Å². The summed E-state index contributed by atoms with van der Waals surface area (Å²) in [5.41, 5.74) is 0.500. The van der Waals surface area contributed by atoms with Gasteiger partial charge >= 0.3 is 5.97 Å². The largest absolute Gasteiger partial charge is 0.507 e. The van der Waals surface area contributed by atoms with Gasteiger partial charge in [-0.05, 0) is 70.9 Å². The fraction of sp³-hybridized carbons (Fsp3) is 0.535. The Kier molecular flexibility index (Phi) is 17.1. The fourth-order valence-corrected chi connectivity index (χ4v) is 6.40. The summed E-state index contributed by atoms with van der Waals surface area (Å²) in [6.07, 6.45) is 15.0. The molecule has 0 spiro atoms. The van der Waals surface area contributed by atoms with Crippen molar-refractivity contribution in [2.45, 2.75) is 135 Å². The minimum atomic E-state index is -1.74. The zero-order valence-electron chi connectivity index (χ0n) is 32.5. The second-order valence-corrected chi connectivity index (χ2v) is 14.3. The van der Waals surface area contributed by atoms with Crippen molar-refractivity contribution in [1.82, 2.24) is 0 Å². The highest BCUT2D eigenvalue weighted by atomic mass is 16.7. The number of aromatic hydroxyl groups is 2. The number of unbranched alkanes of at least 4 members (excludes halogenated alkanes) is 8. The molecule has 1 fully saturated rings. The molecule has 1 aliphatic heterocycles. The Balaban J connectivity index is 1.31. The predicted octanol–water partition coefficient (Wildman–Crippen LogP) is 7.42. The molecule has 12 nitrogen and oxygen atoms in total. The molecular formula is C43H58O12. The van der Waals surface area contributed by atoms with E-state index in [1.807, 2.05) is 19.9 Å². The number of aliphatic hydroxyl groups is 3. The third kappa shape index (κ3) is 12.1. The van der Waals surface area contributed by atoms with E-state index in [2.05, 4.69) is 31.2 Å². The van der Waals surface area contributed by atoms with Crippen LogP contribution in [0.1, 0.15) is 103 Å². The molecule has 0 unspecified atom stereocenters. The Hall–Kier alpha value is -4.36.